The first-order valence-electron chi connectivity index (χ1n) is 7.09. The van der Waals surface area contributed by atoms with Crippen molar-refractivity contribution < 1.29 is 5.11 Å². The summed E-state index contributed by atoms with van der Waals surface area (Å²) >= 11 is 0. The van der Waals surface area contributed by atoms with Gasteiger partial charge in [-0.25, -0.2) is 0 Å². The lowest BCUT2D eigenvalue weighted by Gasteiger charge is -2.08. The van der Waals surface area contributed by atoms with E-state index in [0.29, 0.717) is 5.75 Å². The van der Waals surface area contributed by atoms with Gasteiger partial charge >= 0.3 is 0 Å². The summed E-state index contributed by atoms with van der Waals surface area (Å²) in [7, 11) is 0. The normalized spacial score (nSPS) is 12.2. The minimum atomic E-state index is 0.320. The maximum Gasteiger partial charge on any atom is 0.116 e. The quantitative estimate of drug-likeness (QED) is 0.696. The molecule has 0 bridgehead atoms. The molecule has 0 aliphatic carbocycles. The summed E-state index contributed by atoms with van der Waals surface area (Å²) in [4.78, 5) is 0. The Hall–Kier alpha value is -1.76. The van der Waals surface area contributed by atoms with Crippen LogP contribution in [0.2, 0.25) is 0 Å². The van der Waals surface area contributed by atoms with Crippen molar-refractivity contribution in [3.05, 3.63) is 47.1 Å². The van der Waals surface area contributed by atoms with Crippen LogP contribution in [0.3, 0.4) is 0 Å². The zero-order valence-electron chi connectivity index (χ0n) is 12.2. The highest BCUT2D eigenvalue weighted by atomic mass is 16.3. The summed E-state index contributed by atoms with van der Waals surface area (Å²) in [6.45, 7) is 6.34. The van der Waals surface area contributed by atoms with Gasteiger partial charge in [0.1, 0.15) is 5.75 Å². The lowest BCUT2D eigenvalue weighted by molar-refractivity contribution is 0.475. The molecule has 0 unspecified atom stereocenters. The second kappa shape index (κ2) is 8.36. The van der Waals surface area contributed by atoms with Crippen molar-refractivity contribution in [3.8, 4) is 5.75 Å². The average molecular weight is 256 g/mol. The Bertz CT molecular complexity index is 443. The largest absolute Gasteiger partial charge is 0.508 e. The SMILES string of the molecule is CC/C=C/c1cc(O)cc(/C=C/CC)c1/C=C/CC. The molecule has 1 rings (SSSR count). The Morgan fingerprint density at radius 2 is 1.21 bits per heavy atom. The smallest absolute Gasteiger partial charge is 0.116 e. The minimum absolute atomic E-state index is 0.320. The summed E-state index contributed by atoms with van der Waals surface area (Å²) < 4.78 is 0. The van der Waals surface area contributed by atoms with E-state index in [0.717, 1.165) is 30.4 Å². The first-order valence-corrected chi connectivity index (χ1v) is 7.09. The van der Waals surface area contributed by atoms with E-state index in [1.165, 1.54) is 5.56 Å². The van der Waals surface area contributed by atoms with Gasteiger partial charge in [0.15, 0.2) is 0 Å². The van der Waals surface area contributed by atoms with Crippen molar-refractivity contribution >= 4 is 18.2 Å². The van der Waals surface area contributed by atoms with Gasteiger partial charge < -0.3 is 5.11 Å². The molecule has 102 valence electrons. The first kappa shape index (κ1) is 15.3. The average Bonchev–Trinajstić information content (AvgIpc) is 2.41. The van der Waals surface area contributed by atoms with Crippen molar-refractivity contribution in [3.63, 3.8) is 0 Å². The predicted molar refractivity (Wildman–Crippen MR) is 86.1 cm³/mol. The van der Waals surface area contributed by atoms with E-state index in [-0.39, 0.29) is 0 Å². The van der Waals surface area contributed by atoms with Gasteiger partial charge in [-0.1, -0.05) is 57.2 Å². The van der Waals surface area contributed by atoms with Gasteiger partial charge in [-0.3, -0.25) is 0 Å². The van der Waals surface area contributed by atoms with Crippen LogP contribution >= 0.6 is 0 Å². The van der Waals surface area contributed by atoms with Gasteiger partial charge in [-0.15, -0.1) is 0 Å². The number of rotatable bonds is 6. The van der Waals surface area contributed by atoms with E-state index < -0.39 is 0 Å². The standard InChI is InChI=1S/C18H24O/c1-4-7-10-15-13-17(19)14-16(11-8-5-2)18(15)12-9-6-3/h7-14,19H,4-6H2,1-3H3/b10-7+,11-8+,12-9+. The molecule has 0 saturated carbocycles. The molecule has 1 nitrogen and oxygen atoms in total. The van der Waals surface area contributed by atoms with Gasteiger partial charge in [-0.05, 0) is 48.1 Å². The summed E-state index contributed by atoms with van der Waals surface area (Å²) in [5.41, 5.74) is 3.32. The van der Waals surface area contributed by atoms with Gasteiger partial charge in [0.25, 0.3) is 0 Å². The lowest BCUT2D eigenvalue weighted by Crippen LogP contribution is -1.87. The van der Waals surface area contributed by atoms with Crippen LogP contribution in [-0.2, 0) is 0 Å². The van der Waals surface area contributed by atoms with Gasteiger partial charge in [0, 0.05) is 0 Å². The zero-order valence-corrected chi connectivity index (χ0v) is 12.2. The van der Waals surface area contributed by atoms with Gasteiger partial charge in [-0.2, -0.15) is 0 Å². The molecule has 0 amide bonds. The topological polar surface area (TPSA) is 20.2 Å². The van der Waals surface area contributed by atoms with E-state index in [4.69, 9.17) is 0 Å². The highest BCUT2D eigenvalue weighted by Crippen LogP contribution is 2.26. The number of hydrogen-bond donors (Lipinski definition) is 1. The van der Waals surface area contributed by atoms with Crippen molar-refractivity contribution in [2.24, 2.45) is 0 Å². The van der Waals surface area contributed by atoms with Crippen LogP contribution in [-0.4, -0.2) is 5.11 Å². The highest BCUT2D eigenvalue weighted by Gasteiger charge is 2.04. The van der Waals surface area contributed by atoms with Crippen molar-refractivity contribution in [2.75, 3.05) is 0 Å². The second-order valence-electron chi connectivity index (χ2n) is 4.47. The van der Waals surface area contributed by atoms with Crippen LogP contribution in [0, 0.1) is 0 Å². The molecule has 1 aromatic rings. The fourth-order valence-corrected chi connectivity index (χ4v) is 1.88. The third kappa shape index (κ3) is 4.78. The Balaban J connectivity index is 3.34. The molecular weight excluding hydrogens is 232 g/mol. The Morgan fingerprint density at radius 1 is 0.789 bits per heavy atom. The molecule has 0 aliphatic rings. The Morgan fingerprint density at radius 3 is 1.63 bits per heavy atom. The lowest BCUT2D eigenvalue weighted by atomic mass is 9.98. The minimum Gasteiger partial charge on any atom is -0.508 e. The summed E-state index contributed by atoms with van der Waals surface area (Å²) in [5, 5.41) is 9.85. The third-order valence-electron chi connectivity index (χ3n) is 2.82. The zero-order chi connectivity index (χ0) is 14.1. The molecule has 19 heavy (non-hydrogen) atoms. The molecule has 1 N–H and O–H groups in total. The molecule has 0 heterocycles. The summed E-state index contributed by atoms with van der Waals surface area (Å²) in [5.74, 6) is 0.320. The number of hydrogen-bond acceptors (Lipinski definition) is 1. The van der Waals surface area contributed by atoms with Crippen LogP contribution in [0.25, 0.3) is 18.2 Å². The van der Waals surface area contributed by atoms with Crippen LogP contribution in [0.1, 0.15) is 56.7 Å². The van der Waals surface area contributed by atoms with E-state index in [1.807, 2.05) is 12.1 Å². The molecule has 0 aliphatic heterocycles. The molecule has 1 heteroatoms. The fourth-order valence-electron chi connectivity index (χ4n) is 1.88. The van der Waals surface area contributed by atoms with Crippen molar-refractivity contribution in [1.29, 1.82) is 0 Å². The van der Waals surface area contributed by atoms with Gasteiger partial charge in [0.2, 0.25) is 0 Å². The van der Waals surface area contributed by atoms with Crippen molar-refractivity contribution in [1.82, 2.24) is 0 Å². The van der Waals surface area contributed by atoms with Crippen LogP contribution < -0.4 is 0 Å². The van der Waals surface area contributed by atoms with Crippen LogP contribution in [0.4, 0.5) is 0 Å². The number of aromatic hydroxyl groups is 1. The summed E-state index contributed by atoms with van der Waals surface area (Å²) in [6.07, 6.45) is 15.7. The predicted octanol–water partition coefficient (Wildman–Crippen LogP) is 5.66. The molecule has 0 fully saturated rings. The third-order valence-corrected chi connectivity index (χ3v) is 2.82. The highest BCUT2D eigenvalue weighted by molar-refractivity contribution is 5.75. The molecule has 0 aromatic heterocycles. The molecule has 0 spiro atoms. The Kier molecular flexibility index (Phi) is 6.73. The fraction of sp³-hybridized carbons (Fsp3) is 0.333. The van der Waals surface area contributed by atoms with Gasteiger partial charge in [0.05, 0.1) is 0 Å². The van der Waals surface area contributed by atoms with Crippen molar-refractivity contribution in [2.45, 2.75) is 40.0 Å². The monoisotopic (exact) mass is 256 g/mol. The Labute approximate surface area is 117 Å². The molecular formula is C18H24O. The molecule has 0 atom stereocenters. The summed E-state index contributed by atoms with van der Waals surface area (Å²) in [6, 6.07) is 3.65. The van der Waals surface area contributed by atoms with Crippen LogP contribution in [0.5, 0.6) is 5.75 Å². The first-order chi connectivity index (χ1) is 9.22. The number of phenolic OH excluding ortho intramolecular Hbond substituents is 1. The van der Waals surface area contributed by atoms with E-state index in [9.17, 15) is 5.11 Å². The maximum atomic E-state index is 9.85. The van der Waals surface area contributed by atoms with E-state index in [2.05, 4.69) is 57.2 Å². The number of allylic oxidation sites excluding steroid dienone is 3. The van der Waals surface area contributed by atoms with Crippen LogP contribution in [0.15, 0.2) is 30.4 Å². The molecule has 0 radical (unpaired) electrons. The number of benzene rings is 1. The number of phenols is 1. The second-order valence-corrected chi connectivity index (χ2v) is 4.47. The van der Waals surface area contributed by atoms with E-state index >= 15 is 0 Å². The molecule has 1 aromatic carbocycles. The maximum absolute atomic E-state index is 9.85. The molecule has 0 saturated heterocycles. The van der Waals surface area contributed by atoms with E-state index in [1.54, 1.807) is 0 Å².